The molecule has 1 aromatic heterocycles. The summed E-state index contributed by atoms with van der Waals surface area (Å²) in [5, 5.41) is 13.4. The minimum absolute atomic E-state index is 0.0839. The normalized spacial score (nSPS) is 26.0. The average Bonchev–Trinajstić information content (AvgIpc) is 3.56. The lowest BCUT2D eigenvalue weighted by atomic mass is 10.1. The summed E-state index contributed by atoms with van der Waals surface area (Å²) < 4.78 is 26.1. The first-order chi connectivity index (χ1) is 21.6. The summed E-state index contributed by atoms with van der Waals surface area (Å²) in [6, 6.07) is 8.22. The number of ether oxygens (including phenoxy) is 2. The van der Waals surface area contributed by atoms with Crippen molar-refractivity contribution in [2.45, 2.75) is 56.7 Å². The van der Waals surface area contributed by atoms with Gasteiger partial charge in [0.25, 0.3) is 0 Å². The SMILES string of the molecule is COc1ccc2c(OC3CC4C(=O)NC5(C(=O)O)CC5/C=C/CCCCN(C)C(=O)N4C3)nc(-c3cccc(F)c3)nc2c1C. The van der Waals surface area contributed by atoms with Crippen molar-refractivity contribution in [3.63, 3.8) is 0 Å². The maximum atomic E-state index is 14.2. The summed E-state index contributed by atoms with van der Waals surface area (Å²) >= 11 is 0. The van der Waals surface area contributed by atoms with Crippen LogP contribution in [0, 0.1) is 18.7 Å². The molecule has 3 amide bonds. The molecule has 45 heavy (non-hydrogen) atoms. The number of hydrogen-bond donors (Lipinski definition) is 2. The van der Waals surface area contributed by atoms with Crippen molar-refractivity contribution in [2.24, 2.45) is 5.92 Å². The Bertz CT molecular complexity index is 1700. The van der Waals surface area contributed by atoms with E-state index < -0.39 is 35.4 Å². The number of nitrogens with zero attached hydrogens (tertiary/aromatic N) is 4. The monoisotopic (exact) mass is 617 g/mol. The van der Waals surface area contributed by atoms with E-state index in [0.29, 0.717) is 35.2 Å². The highest BCUT2D eigenvalue weighted by atomic mass is 19.1. The summed E-state index contributed by atoms with van der Waals surface area (Å²) in [7, 11) is 3.26. The van der Waals surface area contributed by atoms with E-state index in [4.69, 9.17) is 14.5 Å². The molecule has 0 bridgehead atoms. The third kappa shape index (κ3) is 5.76. The van der Waals surface area contributed by atoms with E-state index in [1.165, 1.54) is 17.0 Å². The molecule has 1 saturated heterocycles. The summed E-state index contributed by atoms with van der Waals surface area (Å²) in [6.45, 7) is 2.45. The van der Waals surface area contributed by atoms with Gasteiger partial charge in [0, 0.05) is 37.1 Å². The van der Waals surface area contributed by atoms with Crippen LogP contribution in [-0.2, 0) is 9.59 Å². The van der Waals surface area contributed by atoms with Crippen LogP contribution < -0.4 is 14.8 Å². The number of halogens is 1. The molecule has 3 aromatic rings. The molecule has 2 fully saturated rings. The van der Waals surface area contributed by atoms with Crippen LogP contribution in [0.3, 0.4) is 0 Å². The number of rotatable bonds is 5. The quantitative estimate of drug-likeness (QED) is 0.405. The molecule has 236 valence electrons. The number of urea groups is 1. The Morgan fingerprint density at radius 2 is 2.00 bits per heavy atom. The van der Waals surface area contributed by atoms with Gasteiger partial charge < -0.3 is 29.7 Å². The van der Waals surface area contributed by atoms with Crippen molar-refractivity contribution in [2.75, 3.05) is 27.2 Å². The fraction of sp³-hybridized carbons (Fsp3) is 0.424. The number of aliphatic carboxylic acids is 1. The zero-order valence-corrected chi connectivity index (χ0v) is 25.5. The van der Waals surface area contributed by atoms with Crippen molar-refractivity contribution in [3.05, 3.63) is 59.9 Å². The standard InChI is InChI=1S/C33H36FN5O6/c1-19-26(44-3)13-12-24-27(19)35-28(20-9-8-11-22(34)15-20)36-30(24)45-23-16-25-29(40)37-33(31(41)42)17-21(33)10-6-4-5-7-14-38(2)32(43)39(25)18-23/h6,8-13,15,21,23,25H,4-5,7,14,16-18H2,1-3H3,(H,37,40)(H,41,42)/b10-6+. The smallest absolute Gasteiger partial charge is 0.330 e. The van der Waals surface area contributed by atoms with Crippen LogP contribution in [0.15, 0.2) is 48.6 Å². The maximum Gasteiger partial charge on any atom is 0.330 e. The number of carboxylic acid groups (broad SMARTS) is 1. The summed E-state index contributed by atoms with van der Waals surface area (Å²) in [5.74, 6) is -1.30. The third-order valence-electron chi connectivity index (χ3n) is 8.98. The molecule has 11 nitrogen and oxygen atoms in total. The van der Waals surface area contributed by atoms with Gasteiger partial charge in [-0.3, -0.25) is 4.79 Å². The van der Waals surface area contributed by atoms with Crippen molar-refractivity contribution < 1.29 is 33.4 Å². The Kier molecular flexibility index (Phi) is 8.07. The predicted molar refractivity (Wildman–Crippen MR) is 163 cm³/mol. The Morgan fingerprint density at radius 1 is 1.18 bits per heavy atom. The summed E-state index contributed by atoms with van der Waals surface area (Å²) in [4.78, 5) is 52.1. The van der Waals surface area contributed by atoms with Gasteiger partial charge in [-0.25, -0.2) is 19.0 Å². The lowest BCUT2D eigenvalue weighted by molar-refractivity contribution is -0.144. The number of methoxy groups -OCH3 is 1. The topological polar surface area (TPSA) is 134 Å². The van der Waals surface area contributed by atoms with Crippen molar-refractivity contribution in [1.82, 2.24) is 25.1 Å². The van der Waals surface area contributed by atoms with E-state index >= 15 is 0 Å². The van der Waals surface area contributed by atoms with Crippen LogP contribution >= 0.6 is 0 Å². The van der Waals surface area contributed by atoms with Gasteiger partial charge in [-0.05, 0) is 56.9 Å². The molecule has 2 N–H and O–H groups in total. The number of allylic oxidation sites excluding steroid dienone is 1. The molecular weight excluding hydrogens is 581 g/mol. The van der Waals surface area contributed by atoms with Crippen LogP contribution in [0.2, 0.25) is 0 Å². The first kappa shape index (κ1) is 30.3. The number of carbonyl (C=O) groups is 3. The highest BCUT2D eigenvalue weighted by molar-refractivity contribution is 5.95. The minimum Gasteiger partial charge on any atom is -0.496 e. The summed E-state index contributed by atoms with van der Waals surface area (Å²) in [6.07, 6.45) is 5.99. The highest BCUT2D eigenvalue weighted by Crippen LogP contribution is 2.45. The molecule has 12 heteroatoms. The van der Waals surface area contributed by atoms with Crippen molar-refractivity contribution in [1.29, 1.82) is 0 Å². The molecule has 3 aliphatic rings. The largest absolute Gasteiger partial charge is 0.496 e. The van der Waals surface area contributed by atoms with E-state index in [9.17, 15) is 23.9 Å². The molecular formula is C33H36FN5O6. The number of nitrogens with one attached hydrogen (secondary N) is 1. The lowest BCUT2D eigenvalue weighted by Gasteiger charge is -2.29. The Labute approximate surface area is 260 Å². The van der Waals surface area contributed by atoms with Crippen LogP contribution in [0.5, 0.6) is 11.6 Å². The Balaban J connectivity index is 1.35. The van der Waals surface area contributed by atoms with Gasteiger partial charge >= 0.3 is 12.0 Å². The van der Waals surface area contributed by atoms with Gasteiger partial charge in [0.05, 0.1) is 24.6 Å². The van der Waals surface area contributed by atoms with Gasteiger partial charge in [-0.15, -0.1) is 0 Å². The number of benzene rings is 2. The number of carbonyl (C=O) groups excluding carboxylic acids is 2. The number of aryl methyl sites for hydroxylation is 1. The molecule has 2 aliphatic heterocycles. The van der Waals surface area contributed by atoms with Gasteiger partial charge in [0.1, 0.15) is 29.3 Å². The first-order valence-electron chi connectivity index (χ1n) is 15.1. The molecule has 6 rings (SSSR count). The van der Waals surface area contributed by atoms with Crippen molar-refractivity contribution >= 4 is 28.8 Å². The minimum atomic E-state index is -1.39. The van der Waals surface area contributed by atoms with Gasteiger partial charge in [0.15, 0.2) is 5.82 Å². The molecule has 2 aromatic carbocycles. The van der Waals surface area contributed by atoms with E-state index in [1.54, 1.807) is 43.3 Å². The molecule has 1 saturated carbocycles. The highest BCUT2D eigenvalue weighted by Gasteiger charge is 2.61. The molecule has 1 aliphatic carbocycles. The van der Waals surface area contributed by atoms with Gasteiger partial charge in [-0.2, -0.15) is 4.98 Å². The second-order valence-electron chi connectivity index (χ2n) is 12.0. The third-order valence-corrected chi connectivity index (χ3v) is 8.98. The molecule has 4 atom stereocenters. The Morgan fingerprint density at radius 3 is 2.76 bits per heavy atom. The zero-order valence-electron chi connectivity index (χ0n) is 25.5. The van der Waals surface area contributed by atoms with Crippen LogP contribution in [0.1, 0.15) is 37.7 Å². The maximum absolute atomic E-state index is 14.2. The number of carboxylic acids is 1. The molecule has 0 radical (unpaired) electrons. The lowest BCUT2D eigenvalue weighted by Crippen LogP contribution is -2.54. The second-order valence-corrected chi connectivity index (χ2v) is 12.0. The van der Waals surface area contributed by atoms with Crippen LogP contribution in [0.4, 0.5) is 9.18 Å². The van der Waals surface area contributed by atoms with Crippen molar-refractivity contribution in [3.8, 4) is 23.0 Å². The Hall–Kier alpha value is -4.74. The fourth-order valence-corrected chi connectivity index (χ4v) is 6.31. The molecule has 3 heterocycles. The second kappa shape index (κ2) is 12.0. The predicted octanol–water partition coefficient (Wildman–Crippen LogP) is 4.33. The van der Waals surface area contributed by atoms with E-state index in [1.807, 2.05) is 19.1 Å². The number of fused-ring (bicyclic) bond motifs is 3. The van der Waals surface area contributed by atoms with Gasteiger partial charge in [0.2, 0.25) is 11.8 Å². The first-order valence-corrected chi connectivity index (χ1v) is 15.1. The average molecular weight is 618 g/mol. The summed E-state index contributed by atoms with van der Waals surface area (Å²) in [5.41, 5.74) is 0.360. The zero-order chi connectivity index (χ0) is 31.9. The van der Waals surface area contributed by atoms with E-state index in [-0.39, 0.29) is 36.6 Å². The molecule has 4 unspecified atom stereocenters. The van der Waals surface area contributed by atoms with Crippen LogP contribution in [0.25, 0.3) is 22.3 Å². The number of hydrogen-bond acceptors (Lipinski definition) is 7. The van der Waals surface area contributed by atoms with Crippen LogP contribution in [-0.4, -0.2) is 87.7 Å². The van der Waals surface area contributed by atoms with E-state index in [2.05, 4.69) is 10.3 Å². The molecule has 0 spiro atoms. The van der Waals surface area contributed by atoms with E-state index in [0.717, 1.165) is 24.8 Å². The number of amides is 3. The number of aromatic nitrogens is 2. The fourth-order valence-electron chi connectivity index (χ4n) is 6.31. The van der Waals surface area contributed by atoms with Gasteiger partial charge in [-0.1, -0.05) is 24.3 Å².